The molecule has 4 amide bonds. The number of imide groups is 2. The summed E-state index contributed by atoms with van der Waals surface area (Å²) in [6.45, 7) is 0.464. The Bertz CT molecular complexity index is 1050. The van der Waals surface area contributed by atoms with Gasteiger partial charge < -0.3 is 29.0 Å². The fourth-order valence-electron chi connectivity index (χ4n) is 5.63. The number of carbonyl (C=O) groups is 7. The van der Waals surface area contributed by atoms with Crippen molar-refractivity contribution in [2.75, 3.05) is 26.4 Å². The second-order valence-electron chi connectivity index (χ2n) is 11.2. The highest BCUT2D eigenvalue weighted by Gasteiger charge is 2.38. The van der Waals surface area contributed by atoms with Gasteiger partial charge in [-0.1, -0.05) is 0 Å². The number of rotatable bonds is 13. The molecule has 2 aliphatic carbocycles. The van der Waals surface area contributed by atoms with E-state index in [1.165, 1.54) is 0 Å². The predicted molar refractivity (Wildman–Crippen MR) is 139 cm³/mol. The van der Waals surface area contributed by atoms with E-state index in [0.29, 0.717) is 61.5 Å². The van der Waals surface area contributed by atoms with Crippen LogP contribution in [0.5, 0.6) is 0 Å². The first-order valence-electron chi connectivity index (χ1n) is 14.8. The number of hydroxylamine groups is 4. The van der Waals surface area contributed by atoms with Gasteiger partial charge in [0.05, 0.1) is 37.6 Å². The molecule has 1 unspecified atom stereocenters. The number of hydrogen-bond acceptors (Lipinski definition) is 13. The van der Waals surface area contributed by atoms with Gasteiger partial charge in [-0.05, 0) is 51.4 Å². The van der Waals surface area contributed by atoms with E-state index in [-0.39, 0.29) is 69.9 Å². The zero-order chi connectivity index (χ0) is 30.9. The van der Waals surface area contributed by atoms with Crippen LogP contribution >= 0.6 is 0 Å². The molecule has 15 heteroatoms. The fourth-order valence-corrected chi connectivity index (χ4v) is 5.63. The fraction of sp³-hybridized carbons (Fsp3) is 0.750. The molecule has 4 aliphatic rings. The van der Waals surface area contributed by atoms with E-state index in [1.54, 1.807) is 0 Å². The van der Waals surface area contributed by atoms with E-state index in [4.69, 9.17) is 23.9 Å². The summed E-state index contributed by atoms with van der Waals surface area (Å²) in [6, 6.07) is 0. The van der Waals surface area contributed by atoms with Crippen molar-refractivity contribution in [1.82, 2.24) is 10.1 Å². The number of aliphatic hydroxyl groups is 1. The summed E-state index contributed by atoms with van der Waals surface area (Å²) in [4.78, 5) is 93.4. The lowest BCUT2D eigenvalue weighted by molar-refractivity contribution is -0.202. The third-order valence-electron chi connectivity index (χ3n) is 8.26. The van der Waals surface area contributed by atoms with Crippen molar-refractivity contribution in [2.24, 2.45) is 23.7 Å². The highest BCUT2D eigenvalue weighted by atomic mass is 16.7. The lowest BCUT2D eigenvalue weighted by Gasteiger charge is -2.30. The maximum atomic E-state index is 12.4. The molecular weight excluding hydrogens is 572 g/mol. The normalized spacial score (nSPS) is 26.9. The molecule has 0 spiro atoms. The molecule has 2 heterocycles. The molecule has 0 radical (unpaired) electrons. The first-order chi connectivity index (χ1) is 20.6. The van der Waals surface area contributed by atoms with E-state index in [2.05, 4.69) is 0 Å². The molecule has 1 atom stereocenters. The first kappa shape index (κ1) is 32.5. The van der Waals surface area contributed by atoms with Gasteiger partial charge in [0.1, 0.15) is 6.61 Å². The Morgan fingerprint density at radius 2 is 1.00 bits per heavy atom. The standard InChI is InChI=1S/C28H38N2O13/c31-21-9-10-22(32)29(21)42-27(37)19-5-1-17(2-6-19)25(35)40-15-13-39-14-16-41-26(36)18-3-7-20(8-4-18)28(38)43-30-23(33)11-12-24(30)34/h17-20,25,35H,1-16H2. The quantitative estimate of drug-likeness (QED) is 0.133. The Balaban J connectivity index is 1.00. The summed E-state index contributed by atoms with van der Waals surface area (Å²) in [5.41, 5.74) is 0. The monoisotopic (exact) mass is 610 g/mol. The van der Waals surface area contributed by atoms with Crippen molar-refractivity contribution in [3.05, 3.63) is 0 Å². The van der Waals surface area contributed by atoms with Crippen LogP contribution in [0.15, 0.2) is 0 Å². The molecule has 2 aliphatic heterocycles. The number of nitrogens with zero attached hydrogens (tertiary/aromatic N) is 2. The van der Waals surface area contributed by atoms with Gasteiger partial charge in [0, 0.05) is 31.6 Å². The van der Waals surface area contributed by atoms with Crippen LogP contribution in [0.3, 0.4) is 0 Å². The van der Waals surface area contributed by atoms with Crippen molar-refractivity contribution in [2.45, 2.75) is 83.3 Å². The van der Waals surface area contributed by atoms with Crippen LogP contribution in [-0.2, 0) is 57.4 Å². The van der Waals surface area contributed by atoms with Crippen LogP contribution < -0.4 is 0 Å². The summed E-state index contributed by atoms with van der Waals surface area (Å²) in [6.07, 6.45) is 2.63. The minimum absolute atomic E-state index is 0.0300. The van der Waals surface area contributed by atoms with Crippen LogP contribution in [-0.4, -0.2) is 89.5 Å². The lowest BCUT2D eigenvalue weighted by Crippen LogP contribution is -2.37. The van der Waals surface area contributed by atoms with Gasteiger partial charge >= 0.3 is 17.9 Å². The largest absolute Gasteiger partial charge is 0.463 e. The van der Waals surface area contributed by atoms with Gasteiger partial charge in [0.15, 0.2) is 6.29 Å². The highest BCUT2D eigenvalue weighted by Crippen LogP contribution is 2.33. The number of hydrogen-bond donors (Lipinski definition) is 1. The molecule has 238 valence electrons. The van der Waals surface area contributed by atoms with Crippen molar-refractivity contribution >= 4 is 41.5 Å². The lowest BCUT2D eigenvalue weighted by atomic mass is 9.82. The van der Waals surface area contributed by atoms with Crippen molar-refractivity contribution in [3.63, 3.8) is 0 Å². The highest BCUT2D eigenvalue weighted by molar-refractivity contribution is 6.02. The Morgan fingerprint density at radius 1 is 0.605 bits per heavy atom. The molecule has 2 saturated heterocycles. The Kier molecular flexibility index (Phi) is 11.6. The third kappa shape index (κ3) is 8.80. The average molecular weight is 611 g/mol. The maximum absolute atomic E-state index is 12.4. The SMILES string of the molecule is O=C(OCCOCCOC(O)C1CCC(C(=O)ON2C(=O)CCC2=O)CC1)C1CCC(C(=O)ON2C(=O)CCC2=O)CC1. The number of esters is 1. The van der Waals surface area contributed by atoms with Crippen LogP contribution in [0.25, 0.3) is 0 Å². The molecule has 1 N–H and O–H groups in total. The minimum atomic E-state index is -1.04. The van der Waals surface area contributed by atoms with E-state index in [9.17, 15) is 38.7 Å². The number of aliphatic hydroxyl groups excluding tert-OH is 1. The molecular formula is C28H38N2O13. The van der Waals surface area contributed by atoms with E-state index in [1.807, 2.05) is 0 Å². The number of carbonyl (C=O) groups excluding carboxylic acids is 7. The number of amides is 4. The zero-order valence-corrected chi connectivity index (χ0v) is 23.9. The van der Waals surface area contributed by atoms with Crippen LogP contribution in [0.1, 0.15) is 77.0 Å². The zero-order valence-electron chi connectivity index (χ0n) is 23.9. The molecule has 0 aromatic carbocycles. The van der Waals surface area contributed by atoms with Crippen molar-refractivity contribution < 1.29 is 62.6 Å². The summed E-state index contributed by atoms with van der Waals surface area (Å²) in [7, 11) is 0. The Morgan fingerprint density at radius 3 is 1.47 bits per heavy atom. The summed E-state index contributed by atoms with van der Waals surface area (Å²) in [5.74, 6) is -5.23. The van der Waals surface area contributed by atoms with Gasteiger partial charge in [-0.2, -0.15) is 0 Å². The smallest absolute Gasteiger partial charge is 0.336 e. The topological polar surface area (TPSA) is 192 Å². The summed E-state index contributed by atoms with van der Waals surface area (Å²) in [5, 5.41) is 11.4. The summed E-state index contributed by atoms with van der Waals surface area (Å²) >= 11 is 0. The van der Waals surface area contributed by atoms with Gasteiger partial charge in [-0.15, -0.1) is 10.1 Å². The molecule has 2 saturated carbocycles. The average Bonchev–Trinajstić information content (AvgIpc) is 3.50. The molecule has 0 aromatic heterocycles. The van der Waals surface area contributed by atoms with Gasteiger partial charge in [-0.25, -0.2) is 9.59 Å². The van der Waals surface area contributed by atoms with Crippen LogP contribution in [0.2, 0.25) is 0 Å². The second-order valence-corrected chi connectivity index (χ2v) is 11.2. The van der Waals surface area contributed by atoms with Gasteiger partial charge in [0.25, 0.3) is 23.6 Å². The molecule has 4 fully saturated rings. The van der Waals surface area contributed by atoms with Crippen molar-refractivity contribution in [3.8, 4) is 0 Å². The Hall–Kier alpha value is -3.43. The van der Waals surface area contributed by atoms with E-state index < -0.39 is 53.7 Å². The second kappa shape index (κ2) is 15.3. The van der Waals surface area contributed by atoms with Gasteiger partial charge in [-0.3, -0.25) is 24.0 Å². The Labute approximate surface area is 247 Å². The minimum Gasteiger partial charge on any atom is -0.463 e. The molecule has 43 heavy (non-hydrogen) atoms. The summed E-state index contributed by atoms with van der Waals surface area (Å²) < 4.78 is 16.1. The van der Waals surface area contributed by atoms with E-state index >= 15 is 0 Å². The van der Waals surface area contributed by atoms with Crippen LogP contribution in [0.4, 0.5) is 0 Å². The van der Waals surface area contributed by atoms with Crippen LogP contribution in [0, 0.1) is 23.7 Å². The third-order valence-corrected chi connectivity index (χ3v) is 8.26. The first-order valence-corrected chi connectivity index (χ1v) is 14.8. The maximum Gasteiger partial charge on any atom is 0.336 e. The van der Waals surface area contributed by atoms with Crippen molar-refractivity contribution in [1.29, 1.82) is 0 Å². The number of ether oxygens (including phenoxy) is 3. The molecule has 0 bridgehead atoms. The molecule has 4 rings (SSSR count). The van der Waals surface area contributed by atoms with Gasteiger partial charge in [0.2, 0.25) is 0 Å². The predicted octanol–water partition coefficient (Wildman–Crippen LogP) is 0.708. The molecule has 15 nitrogen and oxygen atoms in total. The molecule has 0 aromatic rings. The van der Waals surface area contributed by atoms with E-state index in [0.717, 1.165) is 0 Å².